The normalized spacial score (nSPS) is 23.9. The molecule has 0 radical (unpaired) electrons. The van der Waals surface area contributed by atoms with Gasteiger partial charge in [0, 0.05) is 31.8 Å². The van der Waals surface area contributed by atoms with E-state index in [4.69, 9.17) is 15.2 Å². The zero-order valence-electron chi connectivity index (χ0n) is 11.2. The van der Waals surface area contributed by atoms with Gasteiger partial charge in [0.25, 0.3) is 0 Å². The minimum Gasteiger partial charge on any atom is -0.474 e. The summed E-state index contributed by atoms with van der Waals surface area (Å²) in [5, 5.41) is 0. The van der Waals surface area contributed by atoms with Crippen LogP contribution in [0.4, 0.5) is 0 Å². The van der Waals surface area contributed by atoms with Gasteiger partial charge in [-0.2, -0.15) is 0 Å². The lowest BCUT2D eigenvalue weighted by atomic mass is 9.95. The van der Waals surface area contributed by atoms with E-state index in [-0.39, 0.29) is 6.10 Å². The molecule has 0 aliphatic heterocycles. The van der Waals surface area contributed by atoms with Gasteiger partial charge in [0.05, 0.1) is 6.10 Å². The maximum absolute atomic E-state index is 5.96. The van der Waals surface area contributed by atoms with Crippen molar-refractivity contribution in [1.29, 1.82) is 0 Å². The summed E-state index contributed by atoms with van der Waals surface area (Å²) >= 11 is 0. The Kier molecular flexibility index (Phi) is 4.55. The fourth-order valence-electron chi connectivity index (χ4n) is 2.48. The largest absolute Gasteiger partial charge is 0.474 e. The van der Waals surface area contributed by atoms with E-state index in [2.05, 4.69) is 4.98 Å². The predicted molar refractivity (Wildman–Crippen MR) is 70.5 cm³/mol. The molecule has 1 aliphatic carbocycles. The van der Waals surface area contributed by atoms with Crippen LogP contribution < -0.4 is 10.5 Å². The quantitative estimate of drug-likeness (QED) is 0.890. The third kappa shape index (κ3) is 3.43. The van der Waals surface area contributed by atoms with Crippen LogP contribution in [-0.4, -0.2) is 24.3 Å². The van der Waals surface area contributed by atoms with Gasteiger partial charge < -0.3 is 15.2 Å². The SMILES string of the molecule is COC1CCCC(Oc2cc(CN)cc(C)n2)C1. The smallest absolute Gasteiger partial charge is 0.214 e. The first-order valence-corrected chi connectivity index (χ1v) is 6.58. The number of nitrogens with two attached hydrogens (primary N) is 1. The minimum atomic E-state index is 0.212. The van der Waals surface area contributed by atoms with Crippen LogP contribution in [0.2, 0.25) is 0 Å². The van der Waals surface area contributed by atoms with Crippen LogP contribution in [0.25, 0.3) is 0 Å². The molecule has 2 unspecified atom stereocenters. The van der Waals surface area contributed by atoms with Crippen molar-refractivity contribution in [2.45, 2.75) is 51.4 Å². The van der Waals surface area contributed by atoms with Crippen molar-refractivity contribution in [2.75, 3.05) is 7.11 Å². The summed E-state index contributed by atoms with van der Waals surface area (Å²) in [6, 6.07) is 3.93. The molecule has 1 fully saturated rings. The second kappa shape index (κ2) is 6.16. The molecule has 2 N–H and O–H groups in total. The van der Waals surface area contributed by atoms with Crippen LogP contribution in [0, 0.1) is 6.92 Å². The molecule has 4 heteroatoms. The summed E-state index contributed by atoms with van der Waals surface area (Å²) in [5.74, 6) is 0.692. The number of aryl methyl sites for hydroxylation is 1. The molecule has 1 aliphatic rings. The highest BCUT2D eigenvalue weighted by Crippen LogP contribution is 2.25. The van der Waals surface area contributed by atoms with Crippen molar-refractivity contribution in [2.24, 2.45) is 5.73 Å². The van der Waals surface area contributed by atoms with Crippen molar-refractivity contribution in [3.8, 4) is 5.88 Å². The van der Waals surface area contributed by atoms with Crippen molar-refractivity contribution in [3.63, 3.8) is 0 Å². The summed E-state index contributed by atoms with van der Waals surface area (Å²) in [5.41, 5.74) is 7.68. The molecule has 0 spiro atoms. The van der Waals surface area contributed by atoms with E-state index in [0.29, 0.717) is 18.5 Å². The number of ether oxygens (including phenoxy) is 2. The number of pyridine rings is 1. The Morgan fingerprint density at radius 3 is 2.83 bits per heavy atom. The van der Waals surface area contributed by atoms with Crippen LogP contribution in [0.5, 0.6) is 5.88 Å². The van der Waals surface area contributed by atoms with Gasteiger partial charge in [-0.3, -0.25) is 0 Å². The van der Waals surface area contributed by atoms with Gasteiger partial charge in [0.15, 0.2) is 0 Å². The van der Waals surface area contributed by atoms with Crippen molar-refractivity contribution in [3.05, 3.63) is 23.4 Å². The lowest BCUT2D eigenvalue weighted by Crippen LogP contribution is -2.29. The van der Waals surface area contributed by atoms with E-state index in [1.54, 1.807) is 7.11 Å². The van der Waals surface area contributed by atoms with Gasteiger partial charge >= 0.3 is 0 Å². The van der Waals surface area contributed by atoms with Gasteiger partial charge in [-0.1, -0.05) is 0 Å². The van der Waals surface area contributed by atoms with Crippen LogP contribution >= 0.6 is 0 Å². The van der Waals surface area contributed by atoms with Crippen LogP contribution in [-0.2, 0) is 11.3 Å². The number of hydrogen-bond acceptors (Lipinski definition) is 4. The molecule has 2 rings (SSSR count). The molecule has 1 saturated carbocycles. The highest BCUT2D eigenvalue weighted by molar-refractivity contribution is 5.24. The first-order valence-electron chi connectivity index (χ1n) is 6.58. The Morgan fingerprint density at radius 2 is 2.11 bits per heavy atom. The number of nitrogens with zero attached hydrogens (tertiary/aromatic N) is 1. The number of hydrogen-bond donors (Lipinski definition) is 1. The summed E-state index contributed by atoms with van der Waals surface area (Å²) < 4.78 is 11.4. The third-order valence-corrected chi connectivity index (χ3v) is 3.42. The van der Waals surface area contributed by atoms with E-state index in [9.17, 15) is 0 Å². The van der Waals surface area contributed by atoms with Gasteiger partial charge in [-0.25, -0.2) is 4.98 Å². The number of aromatic nitrogens is 1. The number of methoxy groups -OCH3 is 1. The summed E-state index contributed by atoms with van der Waals surface area (Å²) in [4.78, 5) is 4.41. The summed E-state index contributed by atoms with van der Waals surface area (Å²) in [6.45, 7) is 2.48. The fraction of sp³-hybridized carbons (Fsp3) is 0.643. The van der Waals surface area contributed by atoms with E-state index in [1.165, 1.54) is 0 Å². The molecule has 0 aromatic carbocycles. The van der Waals surface area contributed by atoms with E-state index < -0.39 is 0 Å². The van der Waals surface area contributed by atoms with E-state index >= 15 is 0 Å². The molecule has 1 heterocycles. The highest BCUT2D eigenvalue weighted by atomic mass is 16.5. The standard InChI is InChI=1S/C14H22N2O2/c1-10-6-11(9-15)7-14(16-10)18-13-5-3-4-12(8-13)17-2/h6-7,12-13H,3-5,8-9,15H2,1-2H3. The molecule has 0 amide bonds. The second-order valence-corrected chi connectivity index (χ2v) is 4.92. The van der Waals surface area contributed by atoms with Crippen LogP contribution in [0.1, 0.15) is 36.9 Å². The first-order chi connectivity index (χ1) is 8.71. The molecule has 0 bridgehead atoms. The Hall–Kier alpha value is -1.13. The molecule has 1 aromatic rings. The first kappa shape index (κ1) is 13.3. The van der Waals surface area contributed by atoms with Crippen molar-refractivity contribution >= 4 is 0 Å². The second-order valence-electron chi connectivity index (χ2n) is 4.92. The predicted octanol–water partition coefficient (Wildman–Crippen LogP) is 2.19. The third-order valence-electron chi connectivity index (χ3n) is 3.42. The van der Waals surface area contributed by atoms with E-state index in [1.807, 2.05) is 19.1 Å². The van der Waals surface area contributed by atoms with Crippen molar-refractivity contribution in [1.82, 2.24) is 4.98 Å². The average molecular weight is 250 g/mol. The monoisotopic (exact) mass is 250 g/mol. The Balaban J connectivity index is 2.02. The minimum absolute atomic E-state index is 0.212. The average Bonchev–Trinajstić information content (AvgIpc) is 2.38. The molecule has 100 valence electrons. The Bertz CT molecular complexity index is 395. The zero-order chi connectivity index (χ0) is 13.0. The fourth-order valence-corrected chi connectivity index (χ4v) is 2.48. The maximum Gasteiger partial charge on any atom is 0.214 e. The molecule has 0 saturated heterocycles. The molecule has 2 atom stereocenters. The lowest BCUT2D eigenvalue weighted by molar-refractivity contribution is 0.0194. The maximum atomic E-state index is 5.96. The summed E-state index contributed by atoms with van der Waals surface area (Å²) in [6.07, 6.45) is 4.84. The van der Waals surface area contributed by atoms with Crippen LogP contribution in [0.3, 0.4) is 0 Å². The summed E-state index contributed by atoms with van der Waals surface area (Å²) in [7, 11) is 1.77. The zero-order valence-corrected chi connectivity index (χ0v) is 11.2. The molecule has 1 aromatic heterocycles. The number of rotatable bonds is 4. The van der Waals surface area contributed by atoms with E-state index in [0.717, 1.165) is 36.9 Å². The lowest BCUT2D eigenvalue weighted by Gasteiger charge is -2.28. The molecule has 4 nitrogen and oxygen atoms in total. The van der Waals surface area contributed by atoms with Gasteiger partial charge in [-0.15, -0.1) is 0 Å². The molecular formula is C14H22N2O2. The Labute approximate surface area is 108 Å². The van der Waals surface area contributed by atoms with Gasteiger partial charge in [0.1, 0.15) is 6.10 Å². The Morgan fingerprint density at radius 1 is 1.33 bits per heavy atom. The molecule has 18 heavy (non-hydrogen) atoms. The van der Waals surface area contributed by atoms with Crippen LogP contribution in [0.15, 0.2) is 12.1 Å². The topological polar surface area (TPSA) is 57.4 Å². The van der Waals surface area contributed by atoms with Gasteiger partial charge in [-0.05, 0) is 37.8 Å². The molecular weight excluding hydrogens is 228 g/mol. The highest BCUT2D eigenvalue weighted by Gasteiger charge is 2.23. The van der Waals surface area contributed by atoms with Crippen molar-refractivity contribution < 1.29 is 9.47 Å². The van der Waals surface area contributed by atoms with Gasteiger partial charge in [0.2, 0.25) is 5.88 Å².